The lowest BCUT2D eigenvalue weighted by Crippen LogP contribution is -2.45. The van der Waals surface area contributed by atoms with Crippen LogP contribution in [-0.2, 0) is 25.0 Å². The molecule has 2 aliphatic heterocycles. The molecule has 31 heavy (non-hydrogen) atoms. The highest BCUT2D eigenvalue weighted by atomic mass is 16.5. The van der Waals surface area contributed by atoms with E-state index in [9.17, 15) is 9.59 Å². The summed E-state index contributed by atoms with van der Waals surface area (Å²) >= 11 is 0. The van der Waals surface area contributed by atoms with E-state index >= 15 is 0 Å². The number of fused-ring (bicyclic) bond motifs is 2. The molecule has 0 radical (unpaired) electrons. The molecule has 0 amide bonds. The monoisotopic (exact) mass is 419 g/mol. The number of aromatic nitrogens is 4. The summed E-state index contributed by atoms with van der Waals surface area (Å²) in [6, 6.07) is 13.6. The zero-order valence-electron chi connectivity index (χ0n) is 17.5. The molecule has 1 saturated heterocycles. The van der Waals surface area contributed by atoms with Crippen LogP contribution in [0.5, 0.6) is 5.75 Å². The zero-order chi connectivity index (χ0) is 21.4. The lowest BCUT2D eigenvalue weighted by Gasteiger charge is -2.24. The van der Waals surface area contributed by atoms with Crippen molar-refractivity contribution in [3.8, 4) is 5.75 Å². The van der Waals surface area contributed by atoms with Crippen molar-refractivity contribution in [2.24, 2.45) is 0 Å². The fourth-order valence-electron chi connectivity index (χ4n) is 4.79. The first-order chi connectivity index (χ1) is 15.1. The van der Waals surface area contributed by atoms with Crippen LogP contribution in [0.4, 0.5) is 0 Å². The molecule has 3 aromatic rings. The Bertz CT molecular complexity index is 1200. The summed E-state index contributed by atoms with van der Waals surface area (Å²) in [6.45, 7) is 3.35. The molecule has 1 aromatic carbocycles. The minimum absolute atomic E-state index is 0.189. The van der Waals surface area contributed by atoms with E-state index in [0.29, 0.717) is 12.2 Å². The zero-order valence-corrected chi connectivity index (χ0v) is 17.5. The van der Waals surface area contributed by atoms with Crippen molar-refractivity contribution in [1.29, 1.82) is 0 Å². The van der Waals surface area contributed by atoms with Gasteiger partial charge in [0, 0.05) is 31.2 Å². The van der Waals surface area contributed by atoms with E-state index in [1.165, 1.54) is 10.2 Å². The van der Waals surface area contributed by atoms with Crippen molar-refractivity contribution in [3.05, 3.63) is 86.5 Å². The largest absolute Gasteiger partial charge is 0.497 e. The van der Waals surface area contributed by atoms with E-state index < -0.39 is 11.1 Å². The van der Waals surface area contributed by atoms with Crippen molar-refractivity contribution in [3.63, 3.8) is 0 Å². The van der Waals surface area contributed by atoms with E-state index in [1.807, 2.05) is 30.3 Å². The molecule has 2 aromatic heterocycles. The van der Waals surface area contributed by atoms with Gasteiger partial charge in [0.05, 0.1) is 19.3 Å². The smallest absolute Gasteiger partial charge is 0.332 e. The summed E-state index contributed by atoms with van der Waals surface area (Å²) in [5.74, 6) is 1.59. The summed E-state index contributed by atoms with van der Waals surface area (Å²) in [5.41, 5.74) is 0.680. The van der Waals surface area contributed by atoms with Gasteiger partial charge in [0.15, 0.2) is 0 Å². The van der Waals surface area contributed by atoms with Crippen molar-refractivity contribution >= 4 is 0 Å². The Balaban J connectivity index is 1.41. The normalized spacial score (nSPS) is 20.3. The van der Waals surface area contributed by atoms with Crippen LogP contribution in [0.3, 0.4) is 0 Å². The number of hydrogen-bond acceptors (Lipinski definition) is 6. The summed E-state index contributed by atoms with van der Waals surface area (Å²) in [4.78, 5) is 32.1. The van der Waals surface area contributed by atoms with Gasteiger partial charge in [-0.2, -0.15) is 5.10 Å². The van der Waals surface area contributed by atoms with Gasteiger partial charge in [-0.05, 0) is 49.2 Å². The molecule has 0 aliphatic carbocycles. The Labute approximate surface area is 179 Å². The van der Waals surface area contributed by atoms with E-state index in [2.05, 4.69) is 22.0 Å². The first kappa shape index (κ1) is 19.7. The maximum absolute atomic E-state index is 12.8. The van der Waals surface area contributed by atoms with Crippen LogP contribution in [0, 0.1) is 0 Å². The topological polar surface area (TPSA) is 82.2 Å². The fraction of sp³-hybridized carbons (Fsp3) is 0.391. The van der Waals surface area contributed by atoms with Crippen LogP contribution in [0.15, 0.2) is 58.3 Å². The fourth-order valence-corrected chi connectivity index (χ4v) is 4.79. The van der Waals surface area contributed by atoms with Crippen LogP contribution in [0.2, 0.25) is 0 Å². The van der Waals surface area contributed by atoms with Crippen LogP contribution in [-0.4, -0.2) is 44.4 Å². The van der Waals surface area contributed by atoms with Crippen LogP contribution < -0.4 is 15.9 Å². The first-order valence-corrected chi connectivity index (χ1v) is 10.6. The molecular formula is C23H25N5O3. The number of ether oxygens (including phenoxy) is 1. The van der Waals surface area contributed by atoms with Crippen molar-refractivity contribution in [2.45, 2.75) is 37.9 Å². The molecule has 8 heteroatoms. The van der Waals surface area contributed by atoms with Gasteiger partial charge in [-0.15, -0.1) is 0 Å². The molecule has 1 fully saturated rings. The quantitative estimate of drug-likeness (QED) is 0.582. The number of methoxy groups -OCH3 is 1. The summed E-state index contributed by atoms with van der Waals surface area (Å²) < 4.78 is 8.12. The molecule has 0 N–H and O–H groups in total. The molecule has 8 nitrogen and oxygen atoms in total. The number of benzene rings is 1. The molecule has 160 valence electrons. The number of pyridine rings is 1. The van der Waals surface area contributed by atoms with Gasteiger partial charge < -0.3 is 4.74 Å². The van der Waals surface area contributed by atoms with Crippen LogP contribution >= 0.6 is 0 Å². The average Bonchev–Trinajstić information content (AvgIpc) is 3.37. The van der Waals surface area contributed by atoms with Crippen LogP contribution in [0.1, 0.15) is 29.9 Å². The van der Waals surface area contributed by atoms with Gasteiger partial charge in [-0.25, -0.2) is 4.68 Å². The summed E-state index contributed by atoms with van der Waals surface area (Å²) in [7, 11) is 1.67. The molecular weight excluding hydrogens is 394 g/mol. The number of hydrogen-bond donors (Lipinski definition) is 0. The Morgan fingerprint density at radius 1 is 1.00 bits per heavy atom. The van der Waals surface area contributed by atoms with Crippen molar-refractivity contribution in [2.75, 3.05) is 20.2 Å². The lowest BCUT2D eigenvalue weighted by atomic mass is 9.85. The highest BCUT2D eigenvalue weighted by Crippen LogP contribution is 2.40. The molecule has 5 rings (SSSR count). The number of nitrogens with zero attached hydrogens (tertiary/aromatic N) is 5. The van der Waals surface area contributed by atoms with E-state index in [1.54, 1.807) is 17.9 Å². The van der Waals surface area contributed by atoms with Crippen molar-refractivity contribution < 1.29 is 4.74 Å². The standard InChI is InChI=1S/C23H25N5O3/c1-31-19-7-5-17(6-8-19)14-26-12-9-23(16-26)10-13-27-20(29)21(30)28(25-22(23)27)15-18-4-2-3-11-24-18/h2-8,11H,9-10,12-16H2,1H3/t23-/m1/s1. The SMILES string of the molecule is COc1ccc(CN2CC[C@@]3(CCn4c3nn(Cc3ccccn3)c(=O)c4=O)C2)cc1. The highest BCUT2D eigenvalue weighted by Gasteiger charge is 2.47. The molecule has 1 atom stereocenters. The molecule has 1 spiro atoms. The van der Waals surface area contributed by atoms with Crippen LogP contribution in [0.25, 0.3) is 0 Å². The Kier molecular flexibility index (Phi) is 4.94. The Morgan fingerprint density at radius 3 is 2.55 bits per heavy atom. The van der Waals surface area contributed by atoms with E-state index in [-0.39, 0.29) is 12.0 Å². The molecule has 2 aliphatic rings. The summed E-state index contributed by atoms with van der Waals surface area (Å²) in [5, 5.41) is 4.69. The lowest BCUT2D eigenvalue weighted by molar-refractivity contribution is 0.297. The minimum atomic E-state index is -0.584. The van der Waals surface area contributed by atoms with Gasteiger partial charge in [-0.3, -0.25) is 24.0 Å². The molecule has 0 bridgehead atoms. The second-order valence-corrected chi connectivity index (χ2v) is 8.40. The predicted octanol–water partition coefficient (Wildman–Crippen LogP) is 1.40. The third-order valence-electron chi connectivity index (χ3n) is 6.46. The maximum atomic E-state index is 12.8. The Morgan fingerprint density at radius 2 is 1.81 bits per heavy atom. The third-order valence-corrected chi connectivity index (χ3v) is 6.46. The van der Waals surface area contributed by atoms with Gasteiger partial charge in [0.2, 0.25) is 0 Å². The third kappa shape index (κ3) is 3.57. The first-order valence-electron chi connectivity index (χ1n) is 10.6. The minimum Gasteiger partial charge on any atom is -0.497 e. The van der Waals surface area contributed by atoms with E-state index in [0.717, 1.165) is 44.0 Å². The number of rotatable bonds is 5. The molecule has 0 unspecified atom stereocenters. The maximum Gasteiger partial charge on any atom is 0.332 e. The second kappa shape index (κ2) is 7.77. The molecule has 4 heterocycles. The Hall–Kier alpha value is -3.26. The summed E-state index contributed by atoms with van der Waals surface area (Å²) in [6.07, 6.45) is 3.44. The van der Waals surface area contributed by atoms with Gasteiger partial charge in [-0.1, -0.05) is 18.2 Å². The van der Waals surface area contributed by atoms with Gasteiger partial charge in [0.25, 0.3) is 0 Å². The van der Waals surface area contributed by atoms with Crippen molar-refractivity contribution in [1.82, 2.24) is 24.2 Å². The predicted molar refractivity (Wildman–Crippen MR) is 115 cm³/mol. The molecule has 0 saturated carbocycles. The van der Waals surface area contributed by atoms with Gasteiger partial charge >= 0.3 is 11.1 Å². The van der Waals surface area contributed by atoms with E-state index in [4.69, 9.17) is 9.84 Å². The average molecular weight is 419 g/mol. The number of likely N-dealkylation sites (tertiary alicyclic amines) is 1. The highest BCUT2D eigenvalue weighted by molar-refractivity contribution is 5.27. The second-order valence-electron chi connectivity index (χ2n) is 8.40. The van der Waals surface area contributed by atoms with Gasteiger partial charge in [0.1, 0.15) is 11.6 Å².